The van der Waals surface area contributed by atoms with Crippen molar-refractivity contribution in [1.29, 1.82) is 5.26 Å². The number of hydrogen-bond acceptors (Lipinski definition) is 4. The molecule has 3 atom stereocenters. The maximum atomic E-state index is 10.3. The molecule has 0 N–H and O–H groups in total. The molecule has 0 spiro atoms. The number of rotatable bonds is 6. The zero-order valence-corrected chi connectivity index (χ0v) is 32.0. The number of benzene rings is 6. The van der Waals surface area contributed by atoms with E-state index in [4.69, 9.17) is 15.0 Å². The summed E-state index contributed by atoms with van der Waals surface area (Å²) in [6.07, 6.45) is 6.43. The Morgan fingerprint density at radius 3 is 1.64 bits per heavy atom. The van der Waals surface area contributed by atoms with Crippen LogP contribution in [0.15, 0.2) is 152 Å². The summed E-state index contributed by atoms with van der Waals surface area (Å²) in [4.78, 5) is 15.3. The third kappa shape index (κ3) is 5.60. The van der Waals surface area contributed by atoms with Crippen molar-refractivity contribution >= 4 is 0 Å². The van der Waals surface area contributed by atoms with Crippen molar-refractivity contribution in [1.82, 2.24) is 15.0 Å². The molecule has 1 aromatic heterocycles. The lowest BCUT2D eigenvalue weighted by Crippen LogP contribution is -2.42. The van der Waals surface area contributed by atoms with Crippen LogP contribution in [-0.2, 0) is 10.8 Å². The average Bonchev–Trinajstić information content (AvgIpc) is 3.54. The van der Waals surface area contributed by atoms with E-state index in [0.29, 0.717) is 34.9 Å². The van der Waals surface area contributed by atoms with E-state index in [2.05, 4.69) is 123 Å². The van der Waals surface area contributed by atoms with Crippen LogP contribution < -0.4 is 0 Å². The molecule has 4 heteroatoms. The fraction of sp³-hybridized carbons (Fsp3) is 0.231. The number of nitrogens with zero attached hydrogens (tertiary/aromatic N) is 4. The first-order valence-corrected chi connectivity index (χ1v) is 20.2. The van der Waals surface area contributed by atoms with Gasteiger partial charge in [-0.1, -0.05) is 147 Å². The minimum Gasteiger partial charge on any atom is -0.208 e. The van der Waals surface area contributed by atoms with Gasteiger partial charge in [0.25, 0.3) is 0 Å². The molecule has 3 aliphatic carbocycles. The van der Waals surface area contributed by atoms with Crippen molar-refractivity contribution in [2.45, 2.75) is 56.8 Å². The molecule has 7 aromatic rings. The standard InChI is InChI=1S/C52H44N4/c1-34-25-37-26-35(2)31-51(30-34,32-37)42-22-24-45-44-23-21-40(50-55-48(38-14-6-3-7-15-38)54-49(56-50)39-16-8-4-9-17-39)28-46(44)52(47(45)29-42,41-18-10-5-11-19-41)43-20-12-13-36(27-43)33-53/h3-24,27-29,34-35,37H,25-26,30-32H2,1-2H3/t34-,35-,37?,51?,52?/m1/s1. The molecule has 2 fully saturated rings. The first-order valence-electron chi connectivity index (χ1n) is 20.2. The fourth-order valence-electron chi connectivity index (χ4n) is 11.1. The molecule has 272 valence electrons. The zero-order valence-electron chi connectivity index (χ0n) is 32.0. The topological polar surface area (TPSA) is 62.5 Å². The maximum absolute atomic E-state index is 10.3. The van der Waals surface area contributed by atoms with Gasteiger partial charge in [-0.25, -0.2) is 15.0 Å². The molecule has 0 saturated heterocycles. The summed E-state index contributed by atoms with van der Waals surface area (Å²) in [6, 6.07) is 56.2. The summed E-state index contributed by atoms with van der Waals surface area (Å²) >= 11 is 0. The van der Waals surface area contributed by atoms with Gasteiger partial charge in [-0.15, -0.1) is 0 Å². The van der Waals surface area contributed by atoms with Crippen molar-refractivity contribution in [3.8, 4) is 51.4 Å². The molecular weight excluding hydrogens is 681 g/mol. The van der Waals surface area contributed by atoms with Crippen LogP contribution in [0.5, 0.6) is 0 Å². The minimum atomic E-state index is -0.682. The van der Waals surface area contributed by atoms with Gasteiger partial charge >= 0.3 is 0 Å². The van der Waals surface area contributed by atoms with Crippen LogP contribution in [0.25, 0.3) is 45.3 Å². The Morgan fingerprint density at radius 2 is 1.04 bits per heavy atom. The van der Waals surface area contributed by atoms with E-state index in [1.807, 2.05) is 48.5 Å². The van der Waals surface area contributed by atoms with Gasteiger partial charge in [0, 0.05) is 16.7 Å². The normalized spacial score (nSPS) is 23.5. The van der Waals surface area contributed by atoms with E-state index >= 15 is 0 Å². The third-order valence-corrected chi connectivity index (χ3v) is 13.0. The Morgan fingerprint density at radius 1 is 0.500 bits per heavy atom. The van der Waals surface area contributed by atoms with Crippen LogP contribution >= 0.6 is 0 Å². The quantitative estimate of drug-likeness (QED) is 0.171. The predicted molar refractivity (Wildman–Crippen MR) is 225 cm³/mol. The van der Waals surface area contributed by atoms with Gasteiger partial charge in [0.05, 0.1) is 17.0 Å². The number of fused-ring (bicyclic) bond motifs is 5. The van der Waals surface area contributed by atoms with Crippen molar-refractivity contribution in [2.75, 3.05) is 0 Å². The van der Waals surface area contributed by atoms with E-state index < -0.39 is 5.41 Å². The van der Waals surface area contributed by atoms with E-state index in [0.717, 1.165) is 28.2 Å². The highest BCUT2D eigenvalue weighted by Gasteiger charge is 2.49. The van der Waals surface area contributed by atoms with Crippen molar-refractivity contribution in [2.24, 2.45) is 17.8 Å². The Hall–Kier alpha value is -6.18. The highest BCUT2D eigenvalue weighted by molar-refractivity contribution is 5.88. The number of nitriles is 1. The maximum Gasteiger partial charge on any atom is 0.164 e. The third-order valence-electron chi connectivity index (χ3n) is 13.0. The SMILES string of the molecule is C[C@@H]1CC2C[C@@H](C)CC(c3ccc4c(c3)C(c3ccccc3)(c3cccc(C#N)c3)c3cc(-c5nc(-c6ccccc6)nc(-c6ccccc6)n5)ccc3-4)(C2)C1. The monoisotopic (exact) mass is 724 g/mol. The summed E-state index contributed by atoms with van der Waals surface area (Å²) in [5.41, 5.74) is 11.6. The molecule has 6 aromatic carbocycles. The molecule has 2 bridgehead atoms. The first-order chi connectivity index (χ1) is 27.4. The van der Waals surface area contributed by atoms with Crippen LogP contribution in [0.1, 0.15) is 79.3 Å². The largest absolute Gasteiger partial charge is 0.208 e. The molecular formula is C52H44N4. The van der Waals surface area contributed by atoms with Gasteiger partial charge < -0.3 is 0 Å². The molecule has 0 amide bonds. The van der Waals surface area contributed by atoms with Crippen LogP contribution in [0.2, 0.25) is 0 Å². The van der Waals surface area contributed by atoms with Crippen LogP contribution in [0.3, 0.4) is 0 Å². The van der Waals surface area contributed by atoms with Crippen molar-refractivity contribution < 1.29 is 0 Å². The van der Waals surface area contributed by atoms with E-state index in [9.17, 15) is 5.26 Å². The smallest absolute Gasteiger partial charge is 0.164 e. The molecule has 1 unspecified atom stereocenters. The van der Waals surface area contributed by atoms with Crippen LogP contribution in [0, 0.1) is 29.1 Å². The van der Waals surface area contributed by atoms with E-state index in [-0.39, 0.29) is 5.41 Å². The van der Waals surface area contributed by atoms with Crippen LogP contribution in [-0.4, -0.2) is 15.0 Å². The average molecular weight is 725 g/mol. The Labute approximate surface area is 330 Å². The van der Waals surface area contributed by atoms with Gasteiger partial charge in [-0.05, 0) is 112 Å². The van der Waals surface area contributed by atoms with Gasteiger partial charge in [-0.3, -0.25) is 0 Å². The molecule has 0 radical (unpaired) electrons. The van der Waals surface area contributed by atoms with Gasteiger partial charge in [0.2, 0.25) is 0 Å². The molecule has 56 heavy (non-hydrogen) atoms. The molecule has 4 nitrogen and oxygen atoms in total. The van der Waals surface area contributed by atoms with Crippen LogP contribution in [0.4, 0.5) is 0 Å². The Balaban J connectivity index is 1.24. The second kappa shape index (κ2) is 13.5. The van der Waals surface area contributed by atoms with Crippen molar-refractivity contribution in [3.05, 3.63) is 185 Å². The van der Waals surface area contributed by atoms with E-state index in [1.165, 1.54) is 65.5 Å². The highest BCUT2D eigenvalue weighted by Crippen LogP contribution is 2.60. The summed E-state index contributed by atoms with van der Waals surface area (Å²) in [5, 5.41) is 10.3. The summed E-state index contributed by atoms with van der Waals surface area (Å²) < 4.78 is 0. The highest BCUT2D eigenvalue weighted by atomic mass is 15.0. The Kier molecular flexibility index (Phi) is 8.29. The molecule has 1 heterocycles. The minimum absolute atomic E-state index is 0.165. The molecule has 0 aliphatic heterocycles. The lowest BCUT2D eigenvalue weighted by molar-refractivity contribution is 0.0780. The lowest BCUT2D eigenvalue weighted by atomic mass is 9.54. The first kappa shape index (κ1) is 34.3. The predicted octanol–water partition coefficient (Wildman–Crippen LogP) is 12.2. The number of hydrogen-bond donors (Lipinski definition) is 0. The second-order valence-corrected chi connectivity index (χ2v) is 16.8. The fourth-order valence-corrected chi connectivity index (χ4v) is 11.1. The summed E-state index contributed by atoms with van der Waals surface area (Å²) in [7, 11) is 0. The molecule has 2 saturated carbocycles. The van der Waals surface area contributed by atoms with Gasteiger partial charge in [0.15, 0.2) is 17.5 Å². The summed E-state index contributed by atoms with van der Waals surface area (Å²) in [6.45, 7) is 4.94. The van der Waals surface area contributed by atoms with E-state index in [1.54, 1.807) is 0 Å². The summed E-state index contributed by atoms with van der Waals surface area (Å²) in [5.74, 6) is 4.11. The second-order valence-electron chi connectivity index (χ2n) is 16.8. The molecule has 3 aliphatic rings. The lowest BCUT2D eigenvalue weighted by Gasteiger charge is -2.50. The Bertz CT molecular complexity index is 2550. The number of aromatic nitrogens is 3. The van der Waals surface area contributed by atoms with Gasteiger partial charge in [0.1, 0.15) is 0 Å². The van der Waals surface area contributed by atoms with Gasteiger partial charge in [-0.2, -0.15) is 5.26 Å². The zero-order chi connectivity index (χ0) is 37.9. The molecule has 10 rings (SSSR count). The van der Waals surface area contributed by atoms with Crippen molar-refractivity contribution in [3.63, 3.8) is 0 Å².